The van der Waals surface area contributed by atoms with Crippen molar-refractivity contribution < 1.29 is 9.18 Å². The molecule has 2 heterocycles. The fourth-order valence-electron chi connectivity index (χ4n) is 3.56. The first-order chi connectivity index (χ1) is 18.0. The smallest absolute Gasteiger partial charge is 0.303 e. The summed E-state index contributed by atoms with van der Waals surface area (Å²) >= 11 is 7.79. The Morgan fingerprint density at radius 2 is 1.86 bits per heavy atom. The van der Waals surface area contributed by atoms with Gasteiger partial charge in [0, 0.05) is 40.3 Å². The summed E-state index contributed by atoms with van der Waals surface area (Å²) in [5.41, 5.74) is 2.13. The predicted molar refractivity (Wildman–Crippen MR) is 162 cm³/mol. The average Bonchev–Trinajstić information content (AvgIpc) is 3.09. The van der Waals surface area contributed by atoms with Gasteiger partial charge in [0.05, 0.1) is 15.7 Å². The van der Waals surface area contributed by atoms with E-state index in [-0.39, 0.29) is 11.7 Å². The van der Waals surface area contributed by atoms with Crippen molar-refractivity contribution in [1.29, 1.82) is 0 Å². The van der Waals surface area contributed by atoms with Gasteiger partial charge in [0.2, 0.25) is 0 Å². The number of hydrogen-bond donors (Lipinski definition) is 1. The van der Waals surface area contributed by atoms with Gasteiger partial charge in [-0.05, 0) is 61.7 Å². The molecule has 0 atom stereocenters. The van der Waals surface area contributed by atoms with E-state index in [1.54, 1.807) is 46.6 Å². The largest absolute Gasteiger partial charge is 0.338 e. The van der Waals surface area contributed by atoms with Gasteiger partial charge in [0.1, 0.15) is 5.82 Å². The minimum absolute atomic E-state index is 0.217. The zero-order chi connectivity index (χ0) is 27.4. The minimum Gasteiger partial charge on any atom is -0.338 e. The van der Waals surface area contributed by atoms with E-state index in [1.807, 2.05) is 59.9 Å². The lowest BCUT2D eigenvalue weighted by atomic mass is 10.1. The van der Waals surface area contributed by atoms with Crippen LogP contribution in [0.5, 0.6) is 0 Å². The molecular weight excluding hydrogens is 520 g/mol. The molecule has 0 bridgehead atoms. The van der Waals surface area contributed by atoms with Gasteiger partial charge < -0.3 is 4.90 Å². The van der Waals surface area contributed by atoms with Crippen LogP contribution in [-0.2, 0) is 11.2 Å². The maximum absolute atomic E-state index is 13.6. The predicted octanol–water partition coefficient (Wildman–Crippen LogP) is 8.51. The maximum atomic E-state index is 13.6. The summed E-state index contributed by atoms with van der Waals surface area (Å²) < 4.78 is 13.6. The first-order valence-corrected chi connectivity index (χ1v) is 14.6. The van der Waals surface area contributed by atoms with E-state index in [2.05, 4.69) is 47.6 Å². The van der Waals surface area contributed by atoms with Crippen LogP contribution in [0.3, 0.4) is 0 Å². The van der Waals surface area contributed by atoms with E-state index >= 15 is 0 Å². The molecule has 0 saturated heterocycles. The highest BCUT2D eigenvalue weighted by molar-refractivity contribution is 8.03. The molecule has 0 fully saturated rings. The van der Waals surface area contributed by atoms with E-state index in [4.69, 9.17) is 0 Å². The van der Waals surface area contributed by atoms with Crippen LogP contribution in [0, 0.1) is 17.7 Å². The summed E-state index contributed by atoms with van der Waals surface area (Å²) in [7, 11) is 1.99. The Labute approximate surface area is 235 Å². The molecule has 3 nitrogen and oxygen atoms in total. The zero-order valence-electron chi connectivity index (χ0n) is 22.3. The fraction of sp³-hybridized carbons (Fsp3) is 0.300. The molecule has 2 aromatic carbocycles. The van der Waals surface area contributed by atoms with E-state index in [0.717, 1.165) is 38.9 Å². The van der Waals surface area contributed by atoms with E-state index < -0.39 is 0 Å². The second-order valence-electron chi connectivity index (χ2n) is 7.43. The zero-order valence-corrected chi connectivity index (χ0v) is 24.9. The van der Waals surface area contributed by atoms with Gasteiger partial charge in [-0.25, -0.2) is 4.39 Å². The van der Waals surface area contributed by atoms with Crippen LogP contribution in [0.1, 0.15) is 46.6 Å². The SMILES string of the molecule is CC.CC.CCN(C(=O)C#C/C=C1\Sc2ccccc2N1C)/C(S)=C/C1=CCCc2cc(F)ccc2S1. The molecule has 2 aliphatic rings. The second kappa shape index (κ2) is 15.7. The van der Waals surface area contributed by atoms with Crippen molar-refractivity contribution in [2.24, 2.45) is 0 Å². The van der Waals surface area contributed by atoms with Gasteiger partial charge in [-0.1, -0.05) is 75.3 Å². The monoisotopic (exact) mass is 554 g/mol. The molecule has 196 valence electrons. The molecule has 4 rings (SSSR count). The van der Waals surface area contributed by atoms with Crippen molar-refractivity contribution in [2.75, 3.05) is 18.5 Å². The second-order valence-corrected chi connectivity index (χ2v) is 10.1. The van der Waals surface area contributed by atoms with Gasteiger partial charge in [-0.3, -0.25) is 9.69 Å². The van der Waals surface area contributed by atoms with Gasteiger partial charge in [0.15, 0.2) is 0 Å². The first-order valence-electron chi connectivity index (χ1n) is 12.6. The highest BCUT2D eigenvalue weighted by Crippen LogP contribution is 2.44. The molecule has 1 amide bonds. The molecule has 2 aromatic rings. The molecule has 0 N–H and O–H groups in total. The minimum atomic E-state index is -0.305. The van der Waals surface area contributed by atoms with Crippen LogP contribution >= 0.6 is 36.2 Å². The van der Waals surface area contributed by atoms with Crippen LogP contribution in [0.2, 0.25) is 0 Å². The molecule has 0 spiro atoms. The Bertz CT molecular complexity index is 1240. The quantitative estimate of drug-likeness (QED) is 0.303. The number of anilines is 1. The lowest BCUT2D eigenvalue weighted by Crippen LogP contribution is -2.27. The van der Waals surface area contributed by atoms with Gasteiger partial charge in [-0.2, -0.15) is 0 Å². The number of halogens is 1. The van der Waals surface area contributed by atoms with Crippen LogP contribution in [0.4, 0.5) is 10.1 Å². The van der Waals surface area contributed by atoms with Crippen molar-refractivity contribution in [1.82, 2.24) is 4.90 Å². The number of fused-ring (bicyclic) bond motifs is 2. The molecule has 0 aromatic heterocycles. The number of thioether (sulfide) groups is 2. The number of aryl methyl sites for hydroxylation is 1. The molecule has 2 aliphatic heterocycles. The van der Waals surface area contributed by atoms with Crippen molar-refractivity contribution in [2.45, 2.75) is 57.3 Å². The number of carbonyl (C=O) groups excluding carboxylic acids is 1. The maximum Gasteiger partial charge on any atom is 0.303 e. The summed E-state index contributed by atoms with van der Waals surface area (Å²) in [5.74, 6) is 5.11. The first kappa shape index (κ1) is 30.7. The molecule has 0 radical (unpaired) electrons. The van der Waals surface area contributed by atoms with Crippen LogP contribution in [0.15, 0.2) is 85.4 Å². The van der Waals surface area contributed by atoms with Crippen molar-refractivity contribution in [3.63, 3.8) is 0 Å². The number of benzene rings is 2. The topological polar surface area (TPSA) is 23.6 Å². The number of nitrogens with zero attached hydrogens (tertiary/aromatic N) is 2. The van der Waals surface area contributed by atoms with E-state index in [1.165, 1.54) is 11.0 Å². The van der Waals surface area contributed by atoms with Crippen molar-refractivity contribution >= 4 is 47.7 Å². The lowest BCUT2D eigenvalue weighted by molar-refractivity contribution is -0.122. The Morgan fingerprint density at radius 3 is 2.57 bits per heavy atom. The summed E-state index contributed by atoms with van der Waals surface area (Å²) in [6, 6.07) is 13.0. The summed E-state index contributed by atoms with van der Waals surface area (Å²) in [5, 5.41) is 1.52. The Hall–Kier alpha value is -2.53. The molecule has 0 aliphatic carbocycles. The molecule has 7 heteroatoms. The highest BCUT2D eigenvalue weighted by Gasteiger charge is 2.20. The summed E-state index contributed by atoms with van der Waals surface area (Å²) in [6.07, 6.45) is 7.34. The van der Waals surface area contributed by atoms with Gasteiger partial charge >= 0.3 is 5.91 Å². The number of thiol groups is 1. The van der Waals surface area contributed by atoms with Crippen molar-refractivity contribution in [3.8, 4) is 11.8 Å². The van der Waals surface area contributed by atoms with Gasteiger partial charge in [0.25, 0.3) is 0 Å². The number of allylic oxidation sites excluding steroid dienone is 3. The third-order valence-corrected chi connectivity index (χ3v) is 7.94. The van der Waals surface area contributed by atoms with Crippen LogP contribution in [-0.4, -0.2) is 24.4 Å². The summed E-state index contributed by atoms with van der Waals surface area (Å²) in [4.78, 5) is 19.6. The number of rotatable bonds is 3. The number of hydrogen-bond acceptors (Lipinski definition) is 5. The Kier molecular flexibility index (Phi) is 13.0. The van der Waals surface area contributed by atoms with Crippen molar-refractivity contribution in [3.05, 3.63) is 87.0 Å². The standard InChI is InChI=1S/C26H23FN2OS3.2C2H6/c1-3-29(24(30)12-7-13-26-28(2)21-10-4-5-11-23(21)33-26)25(31)17-20-9-6-8-18-16-19(27)14-15-22(18)32-20;2*1-2/h4-5,9-11,13-17,31H,3,6,8H2,1-2H3;2*1-2H3/b25-17-,26-13-;;. The number of para-hydroxylation sites is 1. The van der Waals surface area contributed by atoms with E-state index in [9.17, 15) is 9.18 Å². The fourth-order valence-corrected chi connectivity index (χ4v) is 6.11. The summed E-state index contributed by atoms with van der Waals surface area (Å²) in [6.45, 7) is 10.4. The molecule has 0 unspecified atom stereocenters. The normalized spacial score (nSPS) is 14.9. The number of amides is 1. The van der Waals surface area contributed by atoms with Crippen LogP contribution < -0.4 is 4.90 Å². The molecule has 0 saturated carbocycles. The van der Waals surface area contributed by atoms with Gasteiger partial charge in [-0.15, -0.1) is 12.6 Å². The third-order valence-electron chi connectivity index (χ3n) is 5.27. The third kappa shape index (κ3) is 8.23. The van der Waals surface area contributed by atoms with Crippen LogP contribution in [0.25, 0.3) is 0 Å². The Balaban J connectivity index is 0.00000115. The number of carbonyl (C=O) groups is 1. The molecule has 37 heavy (non-hydrogen) atoms. The highest BCUT2D eigenvalue weighted by atomic mass is 32.2. The molecular formula is C30H35FN2OS3. The average molecular weight is 555 g/mol. The van der Waals surface area contributed by atoms with E-state index in [0.29, 0.717) is 11.6 Å². The Morgan fingerprint density at radius 1 is 1.14 bits per heavy atom. The lowest BCUT2D eigenvalue weighted by Gasteiger charge is -2.18.